The van der Waals surface area contributed by atoms with Gasteiger partial charge in [-0.05, 0) is 24.3 Å². The molecule has 3 aliphatic rings. The van der Waals surface area contributed by atoms with E-state index < -0.39 is 11.5 Å². The summed E-state index contributed by atoms with van der Waals surface area (Å²) >= 11 is 0. The largest absolute Gasteiger partial charge is 0.454 e. The number of anilines is 1. The maximum Gasteiger partial charge on any atom is 0.321 e. The summed E-state index contributed by atoms with van der Waals surface area (Å²) in [4.78, 5) is 31.3. The van der Waals surface area contributed by atoms with Crippen molar-refractivity contribution in [1.29, 1.82) is 0 Å². The minimum absolute atomic E-state index is 0.171. The van der Waals surface area contributed by atoms with E-state index in [9.17, 15) is 14.0 Å². The highest BCUT2D eigenvalue weighted by Crippen LogP contribution is 2.34. The van der Waals surface area contributed by atoms with E-state index in [4.69, 9.17) is 9.47 Å². The molecule has 1 fully saturated rings. The number of likely N-dealkylation sites (tertiary alicyclic amines) is 1. The van der Waals surface area contributed by atoms with Crippen LogP contribution in [0.2, 0.25) is 0 Å². The van der Waals surface area contributed by atoms with E-state index in [0.717, 1.165) is 0 Å². The van der Waals surface area contributed by atoms with Crippen LogP contribution in [0.4, 0.5) is 14.9 Å². The number of rotatable bonds is 2. The summed E-state index contributed by atoms with van der Waals surface area (Å²) in [5.41, 5.74) is 0.541. The number of hydrogen-bond donors (Lipinski definition) is 2. The van der Waals surface area contributed by atoms with E-state index in [-0.39, 0.29) is 24.4 Å². The predicted octanol–water partition coefficient (Wildman–Crippen LogP) is 2.50. The minimum atomic E-state index is -0.756. The first-order valence-corrected chi connectivity index (χ1v) is 9.65. The summed E-state index contributed by atoms with van der Waals surface area (Å²) in [5, 5.41) is 5.78. The van der Waals surface area contributed by atoms with Crippen LogP contribution in [0.1, 0.15) is 18.4 Å². The van der Waals surface area contributed by atoms with Gasteiger partial charge in [-0.3, -0.25) is 9.79 Å². The van der Waals surface area contributed by atoms with Crippen molar-refractivity contribution in [3.63, 3.8) is 0 Å². The molecule has 0 radical (unpaired) electrons. The predicted molar refractivity (Wildman–Crippen MR) is 106 cm³/mol. The number of piperidine rings is 1. The van der Waals surface area contributed by atoms with Gasteiger partial charge in [-0.2, -0.15) is 0 Å². The lowest BCUT2D eigenvalue weighted by atomic mass is 9.98. The number of carbonyl (C=O) groups excluding carboxylic acids is 2. The Bertz CT molecular complexity index is 1060. The van der Waals surface area contributed by atoms with Crippen LogP contribution in [0.25, 0.3) is 0 Å². The van der Waals surface area contributed by atoms with Gasteiger partial charge in [-0.1, -0.05) is 12.1 Å². The van der Waals surface area contributed by atoms with Crippen LogP contribution < -0.4 is 20.1 Å². The van der Waals surface area contributed by atoms with Gasteiger partial charge in [-0.25, -0.2) is 9.18 Å². The summed E-state index contributed by atoms with van der Waals surface area (Å²) in [5.74, 6) is 0.507. The normalized spacial score (nSPS) is 18.9. The molecule has 2 aromatic rings. The van der Waals surface area contributed by atoms with Gasteiger partial charge < -0.3 is 25.0 Å². The average Bonchev–Trinajstić information content (AvgIpc) is 3.32. The number of fused-ring (bicyclic) bond motifs is 1. The van der Waals surface area contributed by atoms with Crippen LogP contribution in [-0.2, 0) is 4.79 Å². The Hall–Kier alpha value is -3.62. The number of benzene rings is 2. The first kappa shape index (κ1) is 18.4. The number of nitrogens with zero attached hydrogens (tertiary/aromatic N) is 2. The molecule has 0 saturated carbocycles. The van der Waals surface area contributed by atoms with Crippen molar-refractivity contribution in [2.45, 2.75) is 18.5 Å². The van der Waals surface area contributed by atoms with Crippen LogP contribution in [0.15, 0.2) is 47.5 Å². The quantitative estimate of drug-likeness (QED) is 0.796. The Morgan fingerprint density at radius 2 is 1.93 bits per heavy atom. The van der Waals surface area contributed by atoms with Gasteiger partial charge in [0.15, 0.2) is 11.5 Å². The molecule has 0 bridgehead atoms. The Balaban J connectivity index is 1.25. The van der Waals surface area contributed by atoms with Crippen LogP contribution >= 0.6 is 0 Å². The molecular weight excluding hydrogens is 391 g/mol. The van der Waals surface area contributed by atoms with E-state index in [0.29, 0.717) is 48.7 Å². The van der Waals surface area contributed by atoms with E-state index in [1.165, 1.54) is 12.1 Å². The molecule has 3 amide bonds. The molecule has 154 valence electrons. The number of ether oxygens (including phenoxy) is 2. The number of nitrogens with one attached hydrogen (secondary N) is 2. The number of urea groups is 1. The van der Waals surface area contributed by atoms with E-state index >= 15 is 0 Å². The van der Waals surface area contributed by atoms with Crippen molar-refractivity contribution < 1.29 is 23.5 Å². The molecule has 2 aromatic carbocycles. The summed E-state index contributed by atoms with van der Waals surface area (Å²) in [6, 6.07) is 10.8. The molecule has 0 unspecified atom stereocenters. The molecule has 9 heteroatoms. The van der Waals surface area contributed by atoms with Crippen molar-refractivity contribution >= 4 is 23.3 Å². The van der Waals surface area contributed by atoms with Crippen molar-refractivity contribution in [3.05, 3.63) is 53.8 Å². The van der Waals surface area contributed by atoms with Crippen molar-refractivity contribution in [2.75, 3.05) is 25.2 Å². The Kier molecular flexibility index (Phi) is 4.30. The number of carbonyl (C=O) groups is 2. The number of amides is 3. The standard InChI is InChI=1S/C21H19FN4O4/c22-14-3-1-2-13(10-14)18-19(27)25-21(24-18)6-8-26(9-7-21)20(28)23-15-4-5-16-17(11-15)30-12-29-16/h1-5,10-11H,6-9,12H2,(H,23,28)(H,25,27). The highest BCUT2D eigenvalue weighted by Gasteiger charge is 2.43. The molecular formula is C21H19FN4O4. The molecule has 8 nitrogen and oxygen atoms in total. The first-order chi connectivity index (χ1) is 14.5. The van der Waals surface area contributed by atoms with E-state index in [1.54, 1.807) is 35.2 Å². The minimum Gasteiger partial charge on any atom is -0.454 e. The van der Waals surface area contributed by atoms with E-state index in [1.807, 2.05) is 0 Å². The van der Waals surface area contributed by atoms with Gasteiger partial charge >= 0.3 is 6.03 Å². The van der Waals surface area contributed by atoms with Gasteiger partial charge in [-0.15, -0.1) is 0 Å². The smallest absolute Gasteiger partial charge is 0.321 e. The van der Waals surface area contributed by atoms with Gasteiger partial charge in [0.25, 0.3) is 5.91 Å². The second-order valence-corrected chi connectivity index (χ2v) is 7.44. The zero-order valence-electron chi connectivity index (χ0n) is 16.0. The molecule has 0 aliphatic carbocycles. The Labute approximate surface area is 171 Å². The maximum atomic E-state index is 13.5. The monoisotopic (exact) mass is 410 g/mol. The van der Waals surface area contributed by atoms with Crippen molar-refractivity contribution in [1.82, 2.24) is 10.2 Å². The molecule has 1 spiro atoms. The van der Waals surface area contributed by atoms with E-state index in [2.05, 4.69) is 15.6 Å². The summed E-state index contributed by atoms with van der Waals surface area (Å²) in [7, 11) is 0. The molecule has 5 rings (SSSR count). The third-order valence-corrected chi connectivity index (χ3v) is 5.49. The van der Waals surface area contributed by atoms with Crippen LogP contribution in [0.3, 0.4) is 0 Å². The third-order valence-electron chi connectivity index (χ3n) is 5.49. The zero-order valence-corrected chi connectivity index (χ0v) is 16.0. The van der Waals surface area contributed by atoms with Crippen LogP contribution in [-0.4, -0.2) is 48.1 Å². The lowest BCUT2D eigenvalue weighted by molar-refractivity contribution is -0.115. The van der Waals surface area contributed by atoms with Crippen molar-refractivity contribution in [3.8, 4) is 11.5 Å². The molecule has 30 heavy (non-hydrogen) atoms. The SMILES string of the molecule is O=C1NC2(CCN(C(=O)Nc3ccc4c(c3)OCO4)CC2)N=C1c1cccc(F)c1. The number of halogens is 1. The van der Waals surface area contributed by atoms with Crippen LogP contribution in [0.5, 0.6) is 11.5 Å². The molecule has 3 heterocycles. The topological polar surface area (TPSA) is 92.3 Å². The summed E-state index contributed by atoms with van der Waals surface area (Å²) < 4.78 is 24.1. The fourth-order valence-electron chi connectivity index (χ4n) is 3.89. The third kappa shape index (κ3) is 3.32. The van der Waals surface area contributed by atoms with Gasteiger partial charge in [0, 0.05) is 43.2 Å². The number of hydrogen-bond acceptors (Lipinski definition) is 5. The molecule has 3 aliphatic heterocycles. The zero-order chi connectivity index (χ0) is 20.7. The Morgan fingerprint density at radius 3 is 2.73 bits per heavy atom. The molecule has 0 atom stereocenters. The second kappa shape index (κ2) is 7.01. The van der Waals surface area contributed by atoms with Crippen LogP contribution in [0, 0.1) is 5.82 Å². The van der Waals surface area contributed by atoms with Gasteiger partial charge in [0.2, 0.25) is 6.79 Å². The first-order valence-electron chi connectivity index (χ1n) is 9.65. The van der Waals surface area contributed by atoms with Gasteiger partial charge in [0.1, 0.15) is 17.2 Å². The maximum absolute atomic E-state index is 13.5. The number of aliphatic imine (C=N–C) groups is 1. The highest BCUT2D eigenvalue weighted by molar-refractivity contribution is 6.46. The summed E-state index contributed by atoms with van der Waals surface area (Å²) in [6.45, 7) is 1.03. The fourth-order valence-corrected chi connectivity index (χ4v) is 3.89. The lowest BCUT2D eigenvalue weighted by Gasteiger charge is -2.37. The second-order valence-electron chi connectivity index (χ2n) is 7.44. The van der Waals surface area contributed by atoms with Gasteiger partial charge in [0.05, 0.1) is 0 Å². The summed E-state index contributed by atoms with van der Waals surface area (Å²) in [6.07, 6.45) is 0.957. The fraction of sp³-hybridized carbons (Fsp3) is 0.286. The Morgan fingerprint density at radius 1 is 1.13 bits per heavy atom. The van der Waals surface area contributed by atoms with Crippen molar-refractivity contribution in [2.24, 2.45) is 4.99 Å². The molecule has 1 saturated heterocycles. The molecule has 0 aromatic heterocycles. The average molecular weight is 410 g/mol. The highest BCUT2D eigenvalue weighted by atomic mass is 19.1. The molecule has 2 N–H and O–H groups in total. The lowest BCUT2D eigenvalue weighted by Crippen LogP contribution is -2.53.